The fourth-order valence-corrected chi connectivity index (χ4v) is 3.04. The van der Waals surface area contributed by atoms with Crippen LogP contribution in [0.2, 0.25) is 0 Å². The summed E-state index contributed by atoms with van der Waals surface area (Å²) in [6.07, 6.45) is -5.76. The van der Waals surface area contributed by atoms with Gasteiger partial charge in [0.2, 0.25) is 11.2 Å². The molecule has 1 aromatic heterocycles. The van der Waals surface area contributed by atoms with Gasteiger partial charge in [-0.25, -0.2) is 9.59 Å². The summed E-state index contributed by atoms with van der Waals surface area (Å²) in [5, 5.41) is -0.211. The molecular weight excluding hydrogens is 459 g/mol. The zero-order chi connectivity index (χ0) is 25.0. The van der Waals surface area contributed by atoms with Crippen molar-refractivity contribution in [1.29, 1.82) is 0 Å². The lowest BCUT2D eigenvalue weighted by molar-refractivity contribution is -0.154. The van der Waals surface area contributed by atoms with Crippen LogP contribution < -0.4 is 14.9 Å². The van der Waals surface area contributed by atoms with E-state index in [0.29, 0.717) is 13.1 Å². The van der Waals surface area contributed by atoms with E-state index < -0.39 is 40.8 Å². The van der Waals surface area contributed by atoms with Crippen LogP contribution >= 0.6 is 0 Å². The van der Waals surface area contributed by atoms with E-state index in [1.165, 1.54) is 48.4 Å². The number of alkyl halides is 3. The van der Waals surface area contributed by atoms with Crippen LogP contribution in [0.15, 0.2) is 51.7 Å². The molecule has 0 spiro atoms. The van der Waals surface area contributed by atoms with Gasteiger partial charge < -0.3 is 23.5 Å². The monoisotopic (exact) mass is 479 g/mol. The first-order valence-corrected chi connectivity index (χ1v) is 10.1. The highest BCUT2D eigenvalue weighted by Crippen LogP contribution is 2.38. The van der Waals surface area contributed by atoms with Gasteiger partial charge in [0, 0.05) is 19.2 Å². The van der Waals surface area contributed by atoms with Gasteiger partial charge in [-0.3, -0.25) is 4.79 Å². The minimum atomic E-state index is -5.07. The molecule has 0 N–H and O–H groups in total. The Bertz CT molecular complexity index is 1260. The van der Waals surface area contributed by atoms with E-state index in [0.717, 1.165) is 6.07 Å². The Kier molecular flexibility index (Phi) is 7.14. The van der Waals surface area contributed by atoms with E-state index >= 15 is 0 Å². The molecule has 0 fully saturated rings. The number of rotatable bonds is 6. The molecule has 0 unspecified atom stereocenters. The van der Waals surface area contributed by atoms with Gasteiger partial charge in [-0.15, -0.1) is 0 Å². The van der Waals surface area contributed by atoms with Crippen LogP contribution in [0.4, 0.5) is 18.0 Å². The Morgan fingerprint density at radius 1 is 1.00 bits per heavy atom. The third kappa shape index (κ3) is 5.13. The average molecular weight is 479 g/mol. The number of amides is 1. The van der Waals surface area contributed by atoms with Crippen LogP contribution in [-0.2, 0) is 10.9 Å². The maximum atomic E-state index is 13.7. The third-order valence-corrected chi connectivity index (χ3v) is 4.80. The molecule has 1 heterocycles. The van der Waals surface area contributed by atoms with E-state index in [-0.39, 0.29) is 22.4 Å². The Labute approximate surface area is 191 Å². The third-order valence-electron chi connectivity index (χ3n) is 4.80. The normalized spacial score (nSPS) is 11.2. The van der Waals surface area contributed by atoms with Gasteiger partial charge in [0.05, 0.1) is 18.1 Å². The fourth-order valence-electron chi connectivity index (χ4n) is 3.04. The fraction of sp³-hybridized carbons (Fsp3) is 0.261. The van der Waals surface area contributed by atoms with Crippen molar-refractivity contribution in [1.82, 2.24) is 4.90 Å². The van der Waals surface area contributed by atoms with Crippen molar-refractivity contribution in [2.75, 3.05) is 20.2 Å². The summed E-state index contributed by atoms with van der Waals surface area (Å²) in [7, 11) is 1.18. The van der Waals surface area contributed by atoms with Gasteiger partial charge in [0.15, 0.2) is 0 Å². The summed E-state index contributed by atoms with van der Waals surface area (Å²) in [5.74, 6) is -3.60. The number of ether oxygens (including phenoxy) is 3. The van der Waals surface area contributed by atoms with E-state index in [4.69, 9.17) is 13.9 Å². The highest BCUT2D eigenvalue weighted by atomic mass is 19.4. The first kappa shape index (κ1) is 24.6. The largest absolute Gasteiger partial charge is 0.465 e. The molecule has 1 amide bonds. The van der Waals surface area contributed by atoms with Crippen LogP contribution in [0.3, 0.4) is 0 Å². The van der Waals surface area contributed by atoms with Crippen LogP contribution in [0, 0.1) is 0 Å². The van der Waals surface area contributed by atoms with Gasteiger partial charge >= 0.3 is 18.2 Å². The second-order valence-electron chi connectivity index (χ2n) is 6.90. The number of carbonyl (C=O) groups excluding carboxylic acids is 2. The van der Waals surface area contributed by atoms with Crippen LogP contribution in [0.1, 0.15) is 30.0 Å². The first-order chi connectivity index (χ1) is 16.1. The van der Waals surface area contributed by atoms with E-state index in [2.05, 4.69) is 4.74 Å². The van der Waals surface area contributed by atoms with Crippen molar-refractivity contribution >= 4 is 23.0 Å². The molecule has 0 radical (unpaired) electrons. The zero-order valence-electron chi connectivity index (χ0n) is 18.4. The molecule has 11 heteroatoms. The molecule has 0 atom stereocenters. The number of halogens is 3. The van der Waals surface area contributed by atoms with Crippen molar-refractivity contribution in [2.24, 2.45) is 0 Å². The SMILES string of the molecule is CCN(CC)C(=O)Oc1ccc2c(=O)c(Oc3ccc(C(=O)OC)cc3)c(C(F)(F)F)oc2c1. The predicted molar refractivity (Wildman–Crippen MR) is 114 cm³/mol. The number of hydrogen-bond acceptors (Lipinski definition) is 7. The molecule has 3 rings (SSSR count). The van der Waals surface area contributed by atoms with Gasteiger partial charge in [0.1, 0.15) is 17.1 Å². The number of benzene rings is 2. The summed E-state index contributed by atoms with van der Waals surface area (Å²) in [5.41, 5.74) is -1.37. The number of hydrogen-bond donors (Lipinski definition) is 0. The molecule has 3 aromatic rings. The molecule has 34 heavy (non-hydrogen) atoms. The van der Waals surface area contributed by atoms with Crippen molar-refractivity contribution in [3.63, 3.8) is 0 Å². The minimum Gasteiger partial charge on any atom is -0.465 e. The van der Waals surface area contributed by atoms with Gasteiger partial charge in [-0.2, -0.15) is 13.2 Å². The lowest BCUT2D eigenvalue weighted by Gasteiger charge is -2.18. The van der Waals surface area contributed by atoms with E-state index in [1.807, 2.05) is 0 Å². The molecule has 0 aliphatic heterocycles. The highest BCUT2D eigenvalue weighted by molar-refractivity contribution is 5.89. The van der Waals surface area contributed by atoms with Gasteiger partial charge in [-0.1, -0.05) is 0 Å². The molecule has 0 saturated heterocycles. The average Bonchev–Trinajstić information content (AvgIpc) is 2.80. The number of esters is 1. The van der Waals surface area contributed by atoms with Crippen molar-refractivity contribution in [2.45, 2.75) is 20.0 Å². The molecular formula is C23H20F3NO7. The molecule has 0 aliphatic rings. The van der Waals surface area contributed by atoms with Crippen molar-refractivity contribution in [3.8, 4) is 17.2 Å². The van der Waals surface area contributed by atoms with Crippen LogP contribution in [0.5, 0.6) is 17.2 Å². The molecule has 2 aromatic carbocycles. The predicted octanol–water partition coefficient (Wildman–Crippen LogP) is 5.23. The molecule has 8 nitrogen and oxygen atoms in total. The highest BCUT2D eigenvalue weighted by Gasteiger charge is 2.40. The second kappa shape index (κ2) is 9.86. The summed E-state index contributed by atoms with van der Waals surface area (Å²) >= 11 is 0. The topological polar surface area (TPSA) is 95.3 Å². The Balaban J connectivity index is 2.03. The Morgan fingerprint density at radius 2 is 1.62 bits per heavy atom. The minimum absolute atomic E-state index is 0.0901. The quantitative estimate of drug-likeness (QED) is 0.447. The molecule has 0 bridgehead atoms. The van der Waals surface area contributed by atoms with E-state index in [1.54, 1.807) is 13.8 Å². The first-order valence-electron chi connectivity index (χ1n) is 10.1. The maximum absolute atomic E-state index is 13.7. The lowest BCUT2D eigenvalue weighted by Crippen LogP contribution is -2.33. The maximum Gasteiger partial charge on any atom is 0.453 e. The summed E-state index contributed by atoms with van der Waals surface area (Å²) in [4.78, 5) is 37.9. The number of carbonyl (C=O) groups is 2. The van der Waals surface area contributed by atoms with E-state index in [9.17, 15) is 27.6 Å². The number of nitrogens with zero attached hydrogens (tertiary/aromatic N) is 1. The standard InChI is InChI=1S/C23H20F3NO7/c1-4-27(5-2)22(30)33-15-10-11-16-17(12-15)34-20(23(24,25)26)19(18(16)28)32-14-8-6-13(7-9-14)21(29)31-3/h6-12H,4-5H2,1-3H3. The van der Waals surface area contributed by atoms with Crippen molar-refractivity contribution < 1.29 is 41.4 Å². The van der Waals surface area contributed by atoms with Crippen LogP contribution in [0.25, 0.3) is 11.0 Å². The van der Waals surface area contributed by atoms with Crippen molar-refractivity contribution in [3.05, 3.63) is 64.0 Å². The smallest absolute Gasteiger partial charge is 0.453 e. The molecule has 0 aliphatic carbocycles. The van der Waals surface area contributed by atoms with Gasteiger partial charge in [0.25, 0.3) is 5.76 Å². The zero-order valence-corrected chi connectivity index (χ0v) is 18.4. The Hall–Kier alpha value is -4.02. The summed E-state index contributed by atoms with van der Waals surface area (Å²) in [6, 6.07) is 8.45. The van der Waals surface area contributed by atoms with Gasteiger partial charge in [-0.05, 0) is 50.2 Å². The Morgan fingerprint density at radius 3 is 2.18 bits per heavy atom. The summed E-state index contributed by atoms with van der Waals surface area (Å²) < 4.78 is 61.1. The summed E-state index contributed by atoms with van der Waals surface area (Å²) in [6.45, 7) is 4.23. The molecule has 0 saturated carbocycles. The van der Waals surface area contributed by atoms with Crippen LogP contribution in [-0.4, -0.2) is 37.2 Å². The number of methoxy groups -OCH3 is 1. The lowest BCUT2D eigenvalue weighted by atomic mass is 10.2. The molecule has 180 valence electrons. The number of fused-ring (bicyclic) bond motifs is 1. The second-order valence-corrected chi connectivity index (χ2v) is 6.90.